The maximum atomic E-state index is 14.7. The lowest BCUT2D eigenvalue weighted by Gasteiger charge is -2.37. The molecule has 1 N–H and O–H groups in total. The number of hydrogen-bond donors (Lipinski definition) is 1. The number of alkyl halides is 1. The van der Waals surface area contributed by atoms with Gasteiger partial charge < -0.3 is 5.32 Å². The second-order valence-corrected chi connectivity index (χ2v) is 5.58. The molecule has 2 bridgehead atoms. The zero-order chi connectivity index (χ0) is 10.9. The van der Waals surface area contributed by atoms with E-state index in [4.69, 9.17) is 0 Å². The van der Waals surface area contributed by atoms with Crippen molar-refractivity contribution in [2.75, 3.05) is 0 Å². The average Bonchev–Trinajstić information content (AvgIpc) is 2.55. The third-order valence-corrected chi connectivity index (χ3v) is 4.37. The van der Waals surface area contributed by atoms with Gasteiger partial charge in [0.05, 0.1) is 0 Å². The van der Waals surface area contributed by atoms with E-state index in [9.17, 15) is 4.39 Å². The van der Waals surface area contributed by atoms with Gasteiger partial charge in [-0.25, -0.2) is 4.39 Å². The van der Waals surface area contributed by atoms with E-state index in [0.717, 1.165) is 32.1 Å². The van der Waals surface area contributed by atoms with Gasteiger partial charge in [0.2, 0.25) is 0 Å². The van der Waals surface area contributed by atoms with Crippen molar-refractivity contribution in [3.8, 4) is 0 Å². The van der Waals surface area contributed by atoms with Crippen molar-refractivity contribution in [3.05, 3.63) is 0 Å². The minimum Gasteiger partial charge on any atom is -0.311 e. The zero-order valence-corrected chi connectivity index (χ0v) is 10.1. The maximum Gasteiger partial charge on any atom is 0.114 e. The van der Waals surface area contributed by atoms with Crippen molar-refractivity contribution in [2.24, 2.45) is 5.92 Å². The first-order valence-electron chi connectivity index (χ1n) is 6.60. The Morgan fingerprint density at radius 2 is 1.73 bits per heavy atom. The Labute approximate surface area is 92.8 Å². The number of nitrogens with one attached hydrogen (secondary N) is 1. The van der Waals surface area contributed by atoms with E-state index in [1.807, 2.05) is 0 Å². The number of rotatable bonds is 4. The van der Waals surface area contributed by atoms with Crippen molar-refractivity contribution in [2.45, 2.75) is 76.5 Å². The normalized spacial score (nSPS) is 40.0. The van der Waals surface area contributed by atoms with E-state index in [0.29, 0.717) is 18.0 Å². The fourth-order valence-corrected chi connectivity index (χ4v) is 3.45. The van der Waals surface area contributed by atoms with Crippen molar-refractivity contribution < 1.29 is 4.39 Å². The third-order valence-electron chi connectivity index (χ3n) is 4.37. The molecule has 2 unspecified atom stereocenters. The van der Waals surface area contributed by atoms with Crippen LogP contribution in [0.1, 0.15) is 58.8 Å². The van der Waals surface area contributed by atoms with E-state index in [-0.39, 0.29) is 0 Å². The first-order chi connectivity index (χ1) is 7.15. The van der Waals surface area contributed by atoms with Crippen molar-refractivity contribution in [1.29, 1.82) is 0 Å². The van der Waals surface area contributed by atoms with Crippen LogP contribution in [0.3, 0.4) is 0 Å². The second-order valence-electron chi connectivity index (χ2n) is 5.58. The Bertz CT molecular complexity index is 201. The van der Waals surface area contributed by atoms with Crippen LogP contribution in [0.2, 0.25) is 0 Å². The molecule has 1 nitrogen and oxygen atoms in total. The van der Waals surface area contributed by atoms with Crippen LogP contribution in [0.15, 0.2) is 0 Å². The molecule has 0 saturated carbocycles. The van der Waals surface area contributed by atoms with Gasteiger partial charge in [-0.3, -0.25) is 0 Å². The van der Waals surface area contributed by atoms with Gasteiger partial charge in [-0.2, -0.15) is 0 Å². The Kier molecular flexibility index (Phi) is 3.34. The SMILES string of the molecule is CCC(CC)CC1(F)CC2CCC(C1)N2. The van der Waals surface area contributed by atoms with Gasteiger partial charge in [0.15, 0.2) is 0 Å². The van der Waals surface area contributed by atoms with Gasteiger partial charge >= 0.3 is 0 Å². The number of piperidine rings is 1. The molecule has 0 aromatic carbocycles. The fourth-order valence-electron chi connectivity index (χ4n) is 3.45. The largest absolute Gasteiger partial charge is 0.311 e. The summed E-state index contributed by atoms with van der Waals surface area (Å²) < 4.78 is 14.7. The summed E-state index contributed by atoms with van der Waals surface area (Å²) >= 11 is 0. The van der Waals surface area contributed by atoms with Gasteiger partial charge in [0, 0.05) is 12.1 Å². The van der Waals surface area contributed by atoms with Crippen LogP contribution in [0, 0.1) is 5.92 Å². The maximum absolute atomic E-state index is 14.7. The van der Waals surface area contributed by atoms with Gasteiger partial charge in [-0.05, 0) is 38.0 Å². The number of halogens is 1. The molecule has 0 radical (unpaired) electrons. The Balaban J connectivity index is 1.94. The molecule has 0 aromatic heterocycles. The lowest BCUT2D eigenvalue weighted by molar-refractivity contribution is 0.0591. The molecule has 2 saturated heterocycles. The van der Waals surface area contributed by atoms with Gasteiger partial charge in [-0.15, -0.1) is 0 Å². The molecule has 2 atom stereocenters. The fraction of sp³-hybridized carbons (Fsp3) is 1.00. The minimum atomic E-state index is -0.853. The minimum absolute atomic E-state index is 0.475. The summed E-state index contributed by atoms with van der Waals surface area (Å²) in [7, 11) is 0. The van der Waals surface area contributed by atoms with E-state index in [2.05, 4.69) is 19.2 Å². The van der Waals surface area contributed by atoms with Crippen LogP contribution in [-0.4, -0.2) is 17.8 Å². The molecule has 0 amide bonds. The molecule has 2 aliphatic rings. The molecular formula is C13H24FN. The van der Waals surface area contributed by atoms with E-state index in [1.54, 1.807) is 0 Å². The summed E-state index contributed by atoms with van der Waals surface area (Å²) in [6.07, 6.45) is 6.98. The molecule has 2 heterocycles. The van der Waals surface area contributed by atoms with Crippen molar-refractivity contribution in [3.63, 3.8) is 0 Å². The summed E-state index contributed by atoms with van der Waals surface area (Å²) in [5.74, 6) is 0.590. The molecule has 0 aromatic rings. The average molecular weight is 213 g/mol. The summed E-state index contributed by atoms with van der Waals surface area (Å²) in [4.78, 5) is 0. The Morgan fingerprint density at radius 1 is 1.20 bits per heavy atom. The predicted molar refractivity (Wildman–Crippen MR) is 61.7 cm³/mol. The first kappa shape index (κ1) is 11.4. The summed E-state index contributed by atoms with van der Waals surface area (Å²) in [5, 5.41) is 3.51. The smallest absolute Gasteiger partial charge is 0.114 e. The lowest BCUT2D eigenvalue weighted by Crippen LogP contribution is -2.46. The second kappa shape index (κ2) is 4.40. The van der Waals surface area contributed by atoms with Crippen molar-refractivity contribution in [1.82, 2.24) is 5.32 Å². The summed E-state index contributed by atoms with van der Waals surface area (Å²) in [6, 6.07) is 0.950. The van der Waals surface area contributed by atoms with Gasteiger partial charge in [0.1, 0.15) is 5.67 Å². The molecule has 2 aliphatic heterocycles. The van der Waals surface area contributed by atoms with Crippen LogP contribution < -0.4 is 5.32 Å². The highest BCUT2D eigenvalue weighted by atomic mass is 19.1. The number of fused-ring (bicyclic) bond motifs is 2. The molecule has 15 heavy (non-hydrogen) atoms. The summed E-state index contributed by atoms with van der Waals surface area (Å²) in [5.41, 5.74) is -0.853. The monoisotopic (exact) mass is 213 g/mol. The van der Waals surface area contributed by atoms with E-state index >= 15 is 0 Å². The highest BCUT2D eigenvalue weighted by Crippen LogP contribution is 2.41. The Hall–Kier alpha value is -0.110. The van der Waals surface area contributed by atoms with Gasteiger partial charge in [0.25, 0.3) is 0 Å². The lowest BCUT2D eigenvalue weighted by atomic mass is 9.80. The summed E-state index contributed by atoms with van der Waals surface area (Å²) in [6.45, 7) is 4.38. The molecule has 2 heteroatoms. The van der Waals surface area contributed by atoms with Crippen LogP contribution in [0.5, 0.6) is 0 Å². The highest BCUT2D eigenvalue weighted by Gasteiger charge is 2.44. The van der Waals surface area contributed by atoms with Crippen LogP contribution in [0.4, 0.5) is 4.39 Å². The van der Waals surface area contributed by atoms with E-state index in [1.165, 1.54) is 12.8 Å². The molecule has 0 spiro atoms. The standard InChI is InChI=1S/C13H24FN/c1-3-10(4-2)7-13(14)8-11-5-6-12(9-13)15-11/h10-12,15H,3-9H2,1-2H3. The molecule has 2 fully saturated rings. The van der Waals surface area contributed by atoms with Crippen LogP contribution >= 0.6 is 0 Å². The number of hydrogen-bond acceptors (Lipinski definition) is 1. The molecule has 88 valence electrons. The van der Waals surface area contributed by atoms with Crippen LogP contribution in [0.25, 0.3) is 0 Å². The first-order valence-corrected chi connectivity index (χ1v) is 6.60. The topological polar surface area (TPSA) is 12.0 Å². The van der Waals surface area contributed by atoms with Crippen molar-refractivity contribution >= 4 is 0 Å². The highest BCUT2D eigenvalue weighted by molar-refractivity contribution is 5.00. The Morgan fingerprint density at radius 3 is 2.20 bits per heavy atom. The predicted octanol–water partition coefficient (Wildman–Crippen LogP) is 3.44. The molecular weight excluding hydrogens is 189 g/mol. The quantitative estimate of drug-likeness (QED) is 0.754. The molecule has 2 rings (SSSR count). The van der Waals surface area contributed by atoms with E-state index < -0.39 is 5.67 Å². The third kappa shape index (κ3) is 2.52. The zero-order valence-electron chi connectivity index (χ0n) is 10.1. The van der Waals surface area contributed by atoms with Gasteiger partial charge in [-0.1, -0.05) is 26.7 Å². The molecule has 0 aliphatic carbocycles. The van der Waals surface area contributed by atoms with Crippen LogP contribution in [-0.2, 0) is 0 Å².